The number of nitrogens with one attached hydrogen (secondary N) is 9. The molecule has 6 aromatic rings. The standard InChI is InChI=1S/C81H103N11O17/c1-10-53(6)71(76(100)83-45-67(93)85-63(42-59-44-82-50-84-59)74(98)86-62(40-51(2)3)73(97)88-65(79(103)108-49-58-30-21-14-22-31-58)41-54-33-35-60(36-34-54)105-46-55-24-15-11-16-25-55)91-75(99)66-32-23-39-92(66)78(102)64(43-69(95)107-48-57-28-19-13-20-29-57)87-77(101)70(52(4)5)90-72(96)61(89-80(104)109-81(7,8)9)37-38-68(94)106-47-56-26-17-12-18-27-56/h11-22,24-31,33-36,44,50-53,61-66,70-71H,10,23,32,37-43,45-49H2,1-9H3,(H,82,84)(H,83,100)(H,85,93)(H,86,98)(H,87,101)(H,88,97)(H,89,104)(H,90,96)(H,91,99)/t53-,61-,62-,63-,64-,65-,66-,70-,71-/m0/s1. The van der Waals surface area contributed by atoms with E-state index in [1.807, 2.05) is 56.3 Å². The lowest BCUT2D eigenvalue weighted by atomic mass is 9.97. The molecule has 9 N–H and O–H groups in total. The predicted octanol–water partition coefficient (Wildman–Crippen LogP) is 6.83. The van der Waals surface area contributed by atoms with Crippen LogP contribution in [0, 0.1) is 17.8 Å². The van der Waals surface area contributed by atoms with Gasteiger partial charge in [0, 0.05) is 32.0 Å². The van der Waals surface area contributed by atoms with E-state index in [0.717, 1.165) is 16.7 Å². The summed E-state index contributed by atoms with van der Waals surface area (Å²) in [5.41, 5.74) is 3.09. The summed E-state index contributed by atoms with van der Waals surface area (Å²) in [4.78, 5) is 178. The average molecular weight is 1500 g/mol. The van der Waals surface area contributed by atoms with E-state index >= 15 is 0 Å². The number of hydrogen-bond donors (Lipinski definition) is 9. The van der Waals surface area contributed by atoms with Crippen molar-refractivity contribution in [1.29, 1.82) is 0 Å². The van der Waals surface area contributed by atoms with Gasteiger partial charge in [0.25, 0.3) is 0 Å². The van der Waals surface area contributed by atoms with Gasteiger partial charge in [0.2, 0.25) is 47.3 Å². The molecule has 9 atom stereocenters. The number of ether oxygens (including phenoxy) is 5. The first-order chi connectivity index (χ1) is 52.1. The summed E-state index contributed by atoms with van der Waals surface area (Å²) in [6, 6.07) is 32.4. The number of nitrogens with zero attached hydrogens (tertiary/aromatic N) is 2. The molecule has 584 valence electrons. The largest absolute Gasteiger partial charge is 0.489 e. The van der Waals surface area contributed by atoms with Crippen molar-refractivity contribution in [2.75, 3.05) is 13.1 Å². The molecule has 28 heteroatoms. The molecule has 5 aromatic carbocycles. The van der Waals surface area contributed by atoms with Crippen LogP contribution in [0.15, 0.2) is 158 Å². The fourth-order valence-electron chi connectivity index (χ4n) is 11.8. The summed E-state index contributed by atoms with van der Waals surface area (Å²) < 4.78 is 28.2. The molecule has 0 unspecified atom stereocenters. The van der Waals surface area contributed by atoms with Crippen LogP contribution < -0.4 is 47.3 Å². The molecule has 0 spiro atoms. The van der Waals surface area contributed by atoms with Crippen LogP contribution in [0.3, 0.4) is 0 Å². The molecule has 0 radical (unpaired) electrons. The Bertz CT molecular complexity index is 3960. The van der Waals surface area contributed by atoms with Crippen molar-refractivity contribution in [3.8, 4) is 5.75 Å². The first-order valence-electron chi connectivity index (χ1n) is 36.8. The summed E-state index contributed by atoms with van der Waals surface area (Å²) in [5, 5.41) is 21.4. The number of hydrogen-bond acceptors (Lipinski definition) is 18. The van der Waals surface area contributed by atoms with Crippen molar-refractivity contribution in [2.45, 2.75) is 200 Å². The number of amides is 9. The normalized spacial score (nSPS) is 14.8. The van der Waals surface area contributed by atoms with Gasteiger partial charge >= 0.3 is 24.0 Å². The Morgan fingerprint density at radius 1 is 0.541 bits per heavy atom. The van der Waals surface area contributed by atoms with E-state index in [-0.39, 0.29) is 77.2 Å². The fraction of sp³-hybridized carbons (Fsp3) is 0.444. The van der Waals surface area contributed by atoms with Crippen LogP contribution in [0.5, 0.6) is 5.75 Å². The first kappa shape index (κ1) is 84.8. The van der Waals surface area contributed by atoms with Crippen molar-refractivity contribution in [2.24, 2.45) is 17.8 Å². The van der Waals surface area contributed by atoms with Gasteiger partial charge in [-0.2, -0.15) is 0 Å². The summed E-state index contributed by atoms with van der Waals surface area (Å²) in [7, 11) is 0. The number of aromatic amines is 1. The molecule has 1 aliphatic heterocycles. The number of carbonyl (C=O) groups excluding carboxylic acids is 12. The van der Waals surface area contributed by atoms with E-state index in [1.165, 1.54) is 17.4 Å². The third-order valence-electron chi connectivity index (χ3n) is 17.8. The first-order valence-corrected chi connectivity index (χ1v) is 36.8. The SMILES string of the molecule is CC[C@H](C)[C@H](NC(=O)[C@@H]1CCCN1C(=O)[C@H](CC(=O)OCc1ccccc1)NC(=O)[C@@H](NC(=O)[C@H](CCC(=O)OCc1ccccc1)NC(=O)OC(C)(C)C)C(C)C)C(=O)NCC(=O)N[C@@H](Cc1c[nH]cn1)C(=O)N[C@@H](CC(C)C)C(=O)N[C@@H](Cc1ccc(OCc2ccccc2)cc1)C(=O)OCc1ccccc1. The Labute approximate surface area is 635 Å². The topological polar surface area (TPSA) is 379 Å². The lowest BCUT2D eigenvalue weighted by Gasteiger charge is -2.32. The number of imidazole rings is 1. The summed E-state index contributed by atoms with van der Waals surface area (Å²) in [6.45, 7) is 14.5. The molecule has 7 rings (SSSR count). The molecule has 1 aliphatic rings. The van der Waals surface area contributed by atoms with Crippen LogP contribution in [0.25, 0.3) is 0 Å². The van der Waals surface area contributed by atoms with Crippen molar-refractivity contribution in [3.63, 3.8) is 0 Å². The van der Waals surface area contributed by atoms with Crippen molar-refractivity contribution < 1.29 is 81.2 Å². The second-order valence-electron chi connectivity index (χ2n) is 28.7. The highest BCUT2D eigenvalue weighted by molar-refractivity contribution is 5.99. The molecule has 28 nitrogen and oxygen atoms in total. The maximum absolute atomic E-state index is 15.0. The van der Waals surface area contributed by atoms with Gasteiger partial charge < -0.3 is 76.1 Å². The average Bonchev–Trinajstić information content (AvgIpc) is 1.74. The van der Waals surface area contributed by atoms with Gasteiger partial charge in [-0.15, -0.1) is 0 Å². The van der Waals surface area contributed by atoms with E-state index in [4.69, 9.17) is 23.7 Å². The van der Waals surface area contributed by atoms with Crippen LogP contribution >= 0.6 is 0 Å². The summed E-state index contributed by atoms with van der Waals surface area (Å²) in [6.07, 6.45) is 1.22. The summed E-state index contributed by atoms with van der Waals surface area (Å²) in [5.74, 6) is -9.73. The van der Waals surface area contributed by atoms with Gasteiger partial charge in [-0.05, 0) is 104 Å². The number of likely N-dealkylation sites (tertiary alicyclic amines) is 1. The van der Waals surface area contributed by atoms with E-state index < -0.39 is 150 Å². The molecule has 1 fully saturated rings. The maximum atomic E-state index is 15.0. The Balaban J connectivity index is 1.02. The molecule has 9 amide bonds. The lowest BCUT2D eigenvalue weighted by Crippen LogP contribution is -2.60. The van der Waals surface area contributed by atoms with Crippen LogP contribution in [0.2, 0.25) is 0 Å². The van der Waals surface area contributed by atoms with Crippen molar-refractivity contribution in [1.82, 2.24) is 57.4 Å². The quantitative estimate of drug-likeness (QED) is 0.0140. The zero-order chi connectivity index (χ0) is 79.0. The number of benzene rings is 5. The highest BCUT2D eigenvalue weighted by atomic mass is 16.6. The van der Waals surface area contributed by atoms with Gasteiger partial charge in [-0.1, -0.05) is 181 Å². The second kappa shape index (κ2) is 42.8. The van der Waals surface area contributed by atoms with Crippen LogP contribution in [0.1, 0.15) is 141 Å². The minimum Gasteiger partial charge on any atom is -0.489 e. The van der Waals surface area contributed by atoms with Gasteiger partial charge in [-0.25, -0.2) is 14.6 Å². The molecule has 2 heterocycles. The maximum Gasteiger partial charge on any atom is 0.408 e. The number of carbonyl (C=O) groups is 12. The highest BCUT2D eigenvalue weighted by Gasteiger charge is 2.42. The van der Waals surface area contributed by atoms with Gasteiger partial charge in [0.1, 0.15) is 86.1 Å². The molecular formula is C81H103N11O17. The van der Waals surface area contributed by atoms with Crippen LogP contribution in [0.4, 0.5) is 4.79 Å². The lowest BCUT2D eigenvalue weighted by molar-refractivity contribution is -0.150. The predicted molar refractivity (Wildman–Crippen MR) is 402 cm³/mol. The third-order valence-corrected chi connectivity index (χ3v) is 17.8. The molecule has 0 saturated carbocycles. The van der Waals surface area contributed by atoms with Crippen LogP contribution in [-0.4, -0.2) is 153 Å². The zero-order valence-electron chi connectivity index (χ0n) is 63.3. The number of H-pyrrole nitrogens is 1. The van der Waals surface area contributed by atoms with Crippen molar-refractivity contribution >= 4 is 71.3 Å². The number of esters is 3. The van der Waals surface area contributed by atoms with Crippen molar-refractivity contribution in [3.05, 3.63) is 192 Å². The van der Waals surface area contributed by atoms with E-state index in [0.29, 0.717) is 35.6 Å². The minimum atomic E-state index is -1.69. The Kier molecular flexibility index (Phi) is 33.3. The van der Waals surface area contributed by atoms with Gasteiger partial charge in [0.15, 0.2) is 0 Å². The Hall–Kier alpha value is -11.5. The minimum absolute atomic E-state index is 0.00949. The molecule has 0 aliphatic carbocycles. The van der Waals surface area contributed by atoms with E-state index in [9.17, 15) is 57.5 Å². The smallest absolute Gasteiger partial charge is 0.408 e. The molecular weight excluding hydrogens is 1400 g/mol. The molecule has 1 saturated heterocycles. The molecule has 0 bridgehead atoms. The zero-order valence-corrected chi connectivity index (χ0v) is 63.3. The van der Waals surface area contributed by atoms with E-state index in [2.05, 4.69) is 52.5 Å². The van der Waals surface area contributed by atoms with Gasteiger partial charge in [-0.3, -0.25) is 47.9 Å². The third kappa shape index (κ3) is 29.0. The monoisotopic (exact) mass is 1500 g/mol. The van der Waals surface area contributed by atoms with E-state index in [1.54, 1.807) is 152 Å². The number of rotatable bonds is 40. The molecule has 1 aromatic heterocycles. The number of alkyl carbamates (subject to hydrolysis) is 1. The second-order valence-corrected chi connectivity index (χ2v) is 28.7. The fourth-order valence-corrected chi connectivity index (χ4v) is 11.8. The Morgan fingerprint density at radius 3 is 1.63 bits per heavy atom. The Morgan fingerprint density at radius 2 is 1.08 bits per heavy atom. The van der Waals surface area contributed by atoms with Crippen LogP contribution in [-0.2, 0) is 111 Å². The summed E-state index contributed by atoms with van der Waals surface area (Å²) >= 11 is 0. The number of aromatic nitrogens is 2. The van der Waals surface area contributed by atoms with Gasteiger partial charge in [0.05, 0.1) is 25.0 Å². The highest BCUT2D eigenvalue weighted by Crippen LogP contribution is 2.23. The molecule has 109 heavy (non-hydrogen) atoms.